The first-order chi connectivity index (χ1) is 11.3. The quantitative estimate of drug-likeness (QED) is 0.803. The second-order valence-electron chi connectivity index (χ2n) is 5.56. The average Bonchev–Trinajstić information content (AvgIpc) is 2.53. The van der Waals surface area contributed by atoms with Crippen LogP contribution in [0.25, 0.3) is 0 Å². The third-order valence-electron chi connectivity index (χ3n) is 3.19. The first-order valence-corrected chi connectivity index (χ1v) is 8.89. The van der Waals surface area contributed by atoms with Crippen molar-refractivity contribution >= 4 is 21.6 Å². The molecule has 0 radical (unpaired) electrons. The van der Waals surface area contributed by atoms with E-state index in [-0.39, 0.29) is 22.3 Å². The van der Waals surface area contributed by atoms with Crippen LogP contribution in [0.4, 0.5) is 5.69 Å². The SMILES string of the molecule is CC(C)OCc1cccc(S(=O)(=O)Nc2cccc(C(N)=O)c2)c1. The third-order valence-corrected chi connectivity index (χ3v) is 4.57. The number of nitrogens with two attached hydrogens (primary N) is 1. The van der Waals surface area contributed by atoms with Crippen molar-refractivity contribution in [1.82, 2.24) is 0 Å². The van der Waals surface area contributed by atoms with Crippen LogP contribution in [0.5, 0.6) is 0 Å². The van der Waals surface area contributed by atoms with Gasteiger partial charge in [-0.2, -0.15) is 0 Å². The molecular weight excluding hydrogens is 328 g/mol. The maximum atomic E-state index is 12.5. The van der Waals surface area contributed by atoms with Gasteiger partial charge in [0, 0.05) is 11.3 Å². The van der Waals surface area contributed by atoms with Gasteiger partial charge in [-0.1, -0.05) is 18.2 Å². The van der Waals surface area contributed by atoms with Crippen molar-refractivity contribution in [3.63, 3.8) is 0 Å². The zero-order valence-corrected chi connectivity index (χ0v) is 14.3. The molecule has 1 amide bonds. The highest BCUT2D eigenvalue weighted by Crippen LogP contribution is 2.18. The predicted octanol–water partition coefficient (Wildman–Crippen LogP) is 2.51. The molecule has 2 rings (SSSR count). The van der Waals surface area contributed by atoms with E-state index >= 15 is 0 Å². The maximum Gasteiger partial charge on any atom is 0.261 e. The number of amides is 1. The summed E-state index contributed by atoms with van der Waals surface area (Å²) in [6.45, 7) is 4.15. The Hall–Kier alpha value is -2.38. The molecule has 0 atom stereocenters. The van der Waals surface area contributed by atoms with Crippen molar-refractivity contribution in [2.75, 3.05) is 4.72 Å². The Morgan fingerprint density at radius 2 is 1.88 bits per heavy atom. The number of anilines is 1. The molecule has 0 spiro atoms. The minimum Gasteiger partial charge on any atom is -0.374 e. The molecule has 24 heavy (non-hydrogen) atoms. The summed E-state index contributed by atoms with van der Waals surface area (Å²) in [6, 6.07) is 12.5. The van der Waals surface area contributed by atoms with Gasteiger partial charge in [0.15, 0.2) is 0 Å². The van der Waals surface area contributed by atoms with Crippen LogP contribution in [0.2, 0.25) is 0 Å². The average molecular weight is 348 g/mol. The number of primary amides is 1. The first kappa shape index (κ1) is 18.0. The van der Waals surface area contributed by atoms with Crippen LogP contribution in [0.15, 0.2) is 53.4 Å². The lowest BCUT2D eigenvalue weighted by atomic mass is 10.2. The van der Waals surface area contributed by atoms with Gasteiger partial charge >= 0.3 is 0 Å². The highest BCUT2D eigenvalue weighted by molar-refractivity contribution is 7.92. The van der Waals surface area contributed by atoms with Crippen molar-refractivity contribution < 1.29 is 17.9 Å². The second kappa shape index (κ2) is 7.46. The minimum atomic E-state index is -3.77. The number of hydrogen-bond donors (Lipinski definition) is 2. The molecule has 2 aromatic rings. The highest BCUT2D eigenvalue weighted by Gasteiger charge is 2.15. The third kappa shape index (κ3) is 4.81. The van der Waals surface area contributed by atoms with E-state index in [9.17, 15) is 13.2 Å². The zero-order valence-electron chi connectivity index (χ0n) is 13.5. The number of benzene rings is 2. The fourth-order valence-electron chi connectivity index (χ4n) is 2.02. The molecule has 0 aromatic heterocycles. The Morgan fingerprint density at radius 1 is 1.17 bits per heavy atom. The molecule has 0 saturated carbocycles. The lowest BCUT2D eigenvalue weighted by Gasteiger charge is -2.11. The number of rotatable bonds is 7. The van der Waals surface area contributed by atoms with Crippen molar-refractivity contribution in [3.05, 3.63) is 59.7 Å². The van der Waals surface area contributed by atoms with Crippen LogP contribution in [0.1, 0.15) is 29.8 Å². The van der Waals surface area contributed by atoms with Gasteiger partial charge in [-0.15, -0.1) is 0 Å². The number of hydrogen-bond acceptors (Lipinski definition) is 4. The Kier molecular flexibility index (Phi) is 5.58. The Balaban J connectivity index is 2.22. The molecule has 0 aliphatic heterocycles. The summed E-state index contributed by atoms with van der Waals surface area (Å²) in [6.07, 6.45) is 0.0555. The van der Waals surface area contributed by atoms with E-state index in [0.29, 0.717) is 6.61 Å². The first-order valence-electron chi connectivity index (χ1n) is 7.41. The summed E-state index contributed by atoms with van der Waals surface area (Å²) in [5.74, 6) is -0.621. The van der Waals surface area contributed by atoms with Crippen LogP contribution in [0, 0.1) is 0 Å². The Morgan fingerprint density at radius 3 is 2.54 bits per heavy atom. The fourth-order valence-corrected chi connectivity index (χ4v) is 3.13. The van der Waals surface area contributed by atoms with Crippen LogP contribution in [-0.2, 0) is 21.4 Å². The lowest BCUT2D eigenvalue weighted by molar-refractivity contribution is 0.0656. The van der Waals surface area contributed by atoms with E-state index in [4.69, 9.17) is 10.5 Å². The second-order valence-corrected chi connectivity index (χ2v) is 7.24. The molecule has 0 aliphatic rings. The van der Waals surface area contributed by atoms with Crippen molar-refractivity contribution in [2.24, 2.45) is 5.73 Å². The van der Waals surface area contributed by atoms with Gasteiger partial charge in [-0.05, 0) is 49.7 Å². The monoisotopic (exact) mass is 348 g/mol. The molecule has 0 heterocycles. The molecule has 7 heteroatoms. The van der Waals surface area contributed by atoms with Crippen LogP contribution in [0.3, 0.4) is 0 Å². The summed E-state index contributed by atoms with van der Waals surface area (Å²) in [4.78, 5) is 11.3. The van der Waals surface area contributed by atoms with E-state index in [1.54, 1.807) is 30.3 Å². The van der Waals surface area contributed by atoms with E-state index < -0.39 is 15.9 Å². The summed E-state index contributed by atoms with van der Waals surface area (Å²) >= 11 is 0. The van der Waals surface area contributed by atoms with Crippen LogP contribution < -0.4 is 10.5 Å². The van der Waals surface area contributed by atoms with E-state index in [1.807, 2.05) is 13.8 Å². The van der Waals surface area contributed by atoms with Gasteiger partial charge in [0.05, 0.1) is 17.6 Å². The number of nitrogens with one attached hydrogen (secondary N) is 1. The molecule has 0 bridgehead atoms. The van der Waals surface area contributed by atoms with Crippen LogP contribution >= 0.6 is 0 Å². The smallest absolute Gasteiger partial charge is 0.261 e. The lowest BCUT2D eigenvalue weighted by Crippen LogP contribution is -2.15. The van der Waals surface area contributed by atoms with Crippen molar-refractivity contribution in [2.45, 2.75) is 31.5 Å². The molecule has 2 aromatic carbocycles. The molecule has 3 N–H and O–H groups in total. The number of ether oxygens (including phenoxy) is 1. The predicted molar refractivity (Wildman–Crippen MR) is 92.1 cm³/mol. The number of sulfonamides is 1. The van der Waals surface area contributed by atoms with Gasteiger partial charge in [0.25, 0.3) is 10.0 Å². The zero-order chi connectivity index (χ0) is 17.7. The summed E-state index contributed by atoms with van der Waals surface area (Å²) in [5, 5.41) is 0. The summed E-state index contributed by atoms with van der Waals surface area (Å²) < 4.78 is 32.9. The Bertz CT molecular complexity index is 832. The molecule has 6 nitrogen and oxygen atoms in total. The number of carbonyl (C=O) groups excluding carboxylic acids is 1. The van der Waals surface area contributed by atoms with Gasteiger partial charge in [-0.25, -0.2) is 8.42 Å². The van der Waals surface area contributed by atoms with Crippen molar-refractivity contribution in [1.29, 1.82) is 0 Å². The normalized spacial score (nSPS) is 11.5. The van der Waals surface area contributed by atoms with E-state index in [2.05, 4.69) is 4.72 Å². The maximum absolute atomic E-state index is 12.5. The fraction of sp³-hybridized carbons (Fsp3) is 0.235. The summed E-state index contributed by atoms with van der Waals surface area (Å²) in [5.41, 5.74) is 6.47. The standard InChI is InChI=1S/C17H20N2O4S/c1-12(2)23-11-13-5-3-8-16(9-13)24(21,22)19-15-7-4-6-14(10-15)17(18)20/h3-10,12,19H,11H2,1-2H3,(H2,18,20). The molecular formula is C17H20N2O4S. The van der Waals surface area contributed by atoms with Crippen LogP contribution in [-0.4, -0.2) is 20.4 Å². The van der Waals surface area contributed by atoms with Gasteiger partial charge in [0.2, 0.25) is 5.91 Å². The molecule has 128 valence electrons. The van der Waals surface area contributed by atoms with Crippen molar-refractivity contribution in [3.8, 4) is 0 Å². The van der Waals surface area contributed by atoms with Gasteiger partial charge in [0.1, 0.15) is 0 Å². The van der Waals surface area contributed by atoms with Gasteiger partial charge in [-0.3, -0.25) is 9.52 Å². The van der Waals surface area contributed by atoms with E-state index in [0.717, 1.165) is 5.56 Å². The topological polar surface area (TPSA) is 98.5 Å². The summed E-state index contributed by atoms with van der Waals surface area (Å²) in [7, 11) is -3.77. The Labute approximate surface area is 141 Å². The minimum absolute atomic E-state index is 0.0555. The van der Waals surface area contributed by atoms with E-state index in [1.165, 1.54) is 18.2 Å². The molecule has 0 aliphatic carbocycles. The largest absolute Gasteiger partial charge is 0.374 e. The number of carbonyl (C=O) groups is 1. The molecule has 0 unspecified atom stereocenters. The highest BCUT2D eigenvalue weighted by atomic mass is 32.2. The van der Waals surface area contributed by atoms with Gasteiger partial charge < -0.3 is 10.5 Å². The molecule has 0 fully saturated rings. The molecule has 0 saturated heterocycles.